The molecule has 1 atom stereocenters. The van der Waals surface area contributed by atoms with Crippen LogP contribution in [-0.2, 0) is 6.42 Å². The van der Waals surface area contributed by atoms with E-state index in [2.05, 4.69) is 12.2 Å². The first-order chi connectivity index (χ1) is 7.13. The Morgan fingerprint density at radius 3 is 2.80 bits per heavy atom. The van der Waals surface area contributed by atoms with Gasteiger partial charge < -0.3 is 5.32 Å². The molecule has 0 saturated heterocycles. The summed E-state index contributed by atoms with van der Waals surface area (Å²) >= 11 is 5.67. The molecule has 84 valence electrons. The Morgan fingerprint density at radius 1 is 1.47 bits per heavy atom. The molecule has 1 aromatic rings. The van der Waals surface area contributed by atoms with Gasteiger partial charge in [0.15, 0.2) is 0 Å². The lowest BCUT2D eigenvalue weighted by Crippen LogP contribution is -2.20. The Bertz CT molecular complexity index is 314. The summed E-state index contributed by atoms with van der Waals surface area (Å²) in [6.07, 6.45) is 2.81. The second kappa shape index (κ2) is 6.09. The SMILES string of the molecule is CNC(C)CCCc1ccc(Cl)cc1F. The Labute approximate surface area is 95.6 Å². The van der Waals surface area contributed by atoms with E-state index in [-0.39, 0.29) is 5.82 Å². The van der Waals surface area contributed by atoms with E-state index in [9.17, 15) is 4.39 Å². The molecule has 0 aromatic heterocycles. The molecule has 1 unspecified atom stereocenters. The third-order valence-electron chi connectivity index (χ3n) is 2.59. The third kappa shape index (κ3) is 4.18. The van der Waals surface area contributed by atoms with Gasteiger partial charge in [-0.1, -0.05) is 17.7 Å². The van der Waals surface area contributed by atoms with Crippen LogP contribution in [0.3, 0.4) is 0 Å². The van der Waals surface area contributed by atoms with Crippen LogP contribution < -0.4 is 5.32 Å². The third-order valence-corrected chi connectivity index (χ3v) is 2.83. The van der Waals surface area contributed by atoms with Gasteiger partial charge in [-0.25, -0.2) is 4.39 Å². The zero-order valence-corrected chi connectivity index (χ0v) is 9.94. The highest BCUT2D eigenvalue weighted by Crippen LogP contribution is 2.16. The molecule has 1 rings (SSSR count). The van der Waals surface area contributed by atoms with Gasteiger partial charge in [-0.3, -0.25) is 0 Å². The van der Waals surface area contributed by atoms with E-state index in [1.165, 1.54) is 6.07 Å². The van der Waals surface area contributed by atoms with E-state index in [1.54, 1.807) is 12.1 Å². The maximum Gasteiger partial charge on any atom is 0.127 e. The summed E-state index contributed by atoms with van der Waals surface area (Å²) in [5, 5.41) is 3.62. The van der Waals surface area contributed by atoms with Gasteiger partial charge in [-0.15, -0.1) is 0 Å². The normalized spacial score (nSPS) is 12.8. The lowest BCUT2D eigenvalue weighted by molar-refractivity contribution is 0.533. The quantitative estimate of drug-likeness (QED) is 0.816. The topological polar surface area (TPSA) is 12.0 Å². The van der Waals surface area contributed by atoms with Gasteiger partial charge in [0.2, 0.25) is 0 Å². The Morgan fingerprint density at radius 2 is 2.20 bits per heavy atom. The molecule has 0 bridgehead atoms. The highest BCUT2D eigenvalue weighted by atomic mass is 35.5. The van der Waals surface area contributed by atoms with Crippen LogP contribution in [0.15, 0.2) is 18.2 Å². The fourth-order valence-corrected chi connectivity index (χ4v) is 1.63. The summed E-state index contributed by atoms with van der Waals surface area (Å²) in [5.41, 5.74) is 0.753. The number of hydrogen-bond donors (Lipinski definition) is 1. The average Bonchev–Trinajstić information content (AvgIpc) is 2.21. The number of hydrogen-bond acceptors (Lipinski definition) is 1. The molecule has 0 amide bonds. The largest absolute Gasteiger partial charge is 0.317 e. The molecule has 1 N–H and O–H groups in total. The molecule has 0 heterocycles. The molecular weight excluding hydrogens is 213 g/mol. The molecule has 15 heavy (non-hydrogen) atoms. The monoisotopic (exact) mass is 229 g/mol. The van der Waals surface area contributed by atoms with E-state index in [0.717, 1.165) is 24.8 Å². The Balaban J connectivity index is 2.44. The number of halogens is 2. The van der Waals surface area contributed by atoms with Gasteiger partial charge in [0, 0.05) is 11.1 Å². The van der Waals surface area contributed by atoms with Gasteiger partial charge in [0.25, 0.3) is 0 Å². The smallest absolute Gasteiger partial charge is 0.127 e. The molecule has 0 spiro atoms. The lowest BCUT2D eigenvalue weighted by Gasteiger charge is -2.09. The van der Waals surface area contributed by atoms with Crippen LogP contribution in [0.5, 0.6) is 0 Å². The number of rotatable bonds is 5. The van der Waals surface area contributed by atoms with Crippen LogP contribution in [-0.4, -0.2) is 13.1 Å². The summed E-state index contributed by atoms with van der Waals surface area (Å²) in [6.45, 7) is 2.12. The summed E-state index contributed by atoms with van der Waals surface area (Å²) in [7, 11) is 1.94. The van der Waals surface area contributed by atoms with Crippen LogP contribution in [0.1, 0.15) is 25.3 Å². The minimum Gasteiger partial charge on any atom is -0.317 e. The fraction of sp³-hybridized carbons (Fsp3) is 0.500. The van der Waals surface area contributed by atoms with Gasteiger partial charge in [-0.05, 0) is 50.9 Å². The van der Waals surface area contributed by atoms with Crippen LogP contribution in [0, 0.1) is 5.82 Å². The highest BCUT2D eigenvalue weighted by Gasteiger charge is 2.04. The predicted molar refractivity (Wildman–Crippen MR) is 62.9 cm³/mol. The van der Waals surface area contributed by atoms with Crippen molar-refractivity contribution < 1.29 is 4.39 Å². The summed E-state index contributed by atoms with van der Waals surface area (Å²) in [5.74, 6) is -0.195. The van der Waals surface area contributed by atoms with Gasteiger partial charge in [0.1, 0.15) is 5.82 Å². The van der Waals surface area contributed by atoms with Crippen molar-refractivity contribution in [2.75, 3.05) is 7.05 Å². The van der Waals surface area contributed by atoms with Crippen molar-refractivity contribution in [3.8, 4) is 0 Å². The summed E-state index contributed by atoms with van der Waals surface area (Å²) in [4.78, 5) is 0. The lowest BCUT2D eigenvalue weighted by atomic mass is 10.1. The highest BCUT2D eigenvalue weighted by molar-refractivity contribution is 6.30. The van der Waals surface area contributed by atoms with Crippen molar-refractivity contribution >= 4 is 11.6 Å². The Kier molecular flexibility index (Phi) is 5.06. The first kappa shape index (κ1) is 12.5. The maximum absolute atomic E-state index is 13.4. The molecule has 0 saturated carbocycles. The molecule has 0 aliphatic rings. The van der Waals surface area contributed by atoms with Crippen LogP contribution in [0.4, 0.5) is 4.39 Å². The molecule has 1 aromatic carbocycles. The number of benzene rings is 1. The standard InChI is InChI=1S/C12H17ClFN/c1-9(15-2)4-3-5-10-6-7-11(13)8-12(10)14/h6-9,15H,3-5H2,1-2H3. The molecule has 0 radical (unpaired) electrons. The molecule has 0 aliphatic carbocycles. The van der Waals surface area contributed by atoms with E-state index in [4.69, 9.17) is 11.6 Å². The number of aryl methyl sites for hydroxylation is 1. The van der Waals surface area contributed by atoms with E-state index in [0.29, 0.717) is 11.1 Å². The van der Waals surface area contributed by atoms with Crippen molar-refractivity contribution in [1.82, 2.24) is 5.32 Å². The average molecular weight is 230 g/mol. The zero-order valence-electron chi connectivity index (χ0n) is 9.19. The van der Waals surface area contributed by atoms with Gasteiger partial charge >= 0.3 is 0 Å². The van der Waals surface area contributed by atoms with Gasteiger partial charge in [0.05, 0.1) is 0 Å². The van der Waals surface area contributed by atoms with Crippen molar-refractivity contribution in [3.63, 3.8) is 0 Å². The van der Waals surface area contributed by atoms with E-state index < -0.39 is 0 Å². The van der Waals surface area contributed by atoms with E-state index in [1.807, 2.05) is 7.05 Å². The van der Waals surface area contributed by atoms with Crippen molar-refractivity contribution in [2.45, 2.75) is 32.2 Å². The van der Waals surface area contributed by atoms with Gasteiger partial charge in [-0.2, -0.15) is 0 Å². The summed E-state index contributed by atoms with van der Waals surface area (Å²) < 4.78 is 13.4. The molecule has 0 fully saturated rings. The first-order valence-corrected chi connectivity index (χ1v) is 5.62. The van der Waals surface area contributed by atoms with Crippen LogP contribution in [0.2, 0.25) is 5.02 Å². The number of nitrogens with one attached hydrogen (secondary N) is 1. The van der Waals surface area contributed by atoms with Crippen molar-refractivity contribution in [1.29, 1.82) is 0 Å². The Hall–Kier alpha value is -0.600. The fourth-order valence-electron chi connectivity index (χ4n) is 1.47. The van der Waals surface area contributed by atoms with Crippen LogP contribution in [0.25, 0.3) is 0 Å². The van der Waals surface area contributed by atoms with Crippen molar-refractivity contribution in [3.05, 3.63) is 34.6 Å². The van der Waals surface area contributed by atoms with Crippen molar-refractivity contribution in [2.24, 2.45) is 0 Å². The second-order valence-corrected chi connectivity index (χ2v) is 4.25. The molecule has 3 heteroatoms. The predicted octanol–water partition coefficient (Wildman–Crippen LogP) is 3.41. The summed E-state index contributed by atoms with van der Waals surface area (Å²) in [6, 6.07) is 5.36. The minimum absolute atomic E-state index is 0.195. The minimum atomic E-state index is -0.195. The molecule has 1 nitrogen and oxygen atoms in total. The molecule has 0 aliphatic heterocycles. The maximum atomic E-state index is 13.4. The second-order valence-electron chi connectivity index (χ2n) is 3.82. The van der Waals surface area contributed by atoms with E-state index >= 15 is 0 Å². The first-order valence-electron chi connectivity index (χ1n) is 5.24. The molecular formula is C12H17ClFN. The van der Waals surface area contributed by atoms with Crippen LogP contribution >= 0.6 is 11.6 Å². The zero-order chi connectivity index (χ0) is 11.3.